The summed E-state index contributed by atoms with van der Waals surface area (Å²) in [5.41, 5.74) is 1.58. The molecule has 1 atom stereocenters. The predicted molar refractivity (Wildman–Crippen MR) is 79.4 cm³/mol. The first-order valence-corrected chi connectivity index (χ1v) is 6.88. The average molecular weight is 277 g/mol. The van der Waals surface area contributed by atoms with Gasteiger partial charge in [-0.2, -0.15) is 0 Å². The highest BCUT2D eigenvalue weighted by atomic mass is 16.2. The molecule has 5 heteroatoms. The van der Waals surface area contributed by atoms with Crippen LogP contribution >= 0.6 is 0 Å². The van der Waals surface area contributed by atoms with Crippen LogP contribution in [-0.2, 0) is 11.3 Å². The molecule has 1 unspecified atom stereocenters. The van der Waals surface area contributed by atoms with Crippen LogP contribution in [0, 0.1) is 0 Å². The van der Waals surface area contributed by atoms with Gasteiger partial charge in [0.05, 0.1) is 6.54 Å². The van der Waals surface area contributed by atoms with Crippen LogP contribution < -0.4 is 16.0 Å². The van der Waals surface area contributed by atoms with E-state index in [9.17, 15) is 9.59 Å². The molecule has 20 heavy (non-hydrogen) atoms. The van der Waals surface area contributed by atoms with Crippen molar-refractivity contribution in [3.63, 3.8) is 0 Å². The number of amides is 2. The van der Waals surface area contributed by atoms with E-state index < -0.39 is 0 Å². The van der Waals surface area contributed by atoms with E-state index in [2.05, 4.69) is 22.9 Å². The van der Waals surface area contributed by atoms with Crippen LogP contribution in [-0.4, -0.2) is 31.4 Å². The third kappa shape index (κ3) is 5.40. The van der Waals surface area contributed by atoms with Crippen molar-refractivity contribution < 1.29 is 9.59 Å². The van der Waals surface area contributed by atoms with Crippen LogP contribution in [0.5, 0.6) is 0 Å². The molecule has 1 rings (SSSR count). The van der Waals surface area contributed by atoms with Gasteiger partial charge in [0.25, 0.3) is 5.91 Å². The number of rotatable bonds is 7. The summed E-state index contributed by atoms with van der Waals surface area (Å²) < 4.78 is 0. The molecule has 0 aliphatic rings. The minimum Gasteiger partial charge on any atom is -0.355 e. The molecule has 1 aromatic rings. The molecule has 0 aromatic heterocycles. The van der Waals surface area contributed by atoms with Crippen molar-refractivity contribution in [2.24, 2.45) is 0 Å². The Bertz CT molecular complexity index is 443. The number of hydrogen-bond acceptors (Lipinski definition) is 3. The maximum absolute atomic E-state index is 11.6. The van der Waals surface area contributed by atoms with E-state index in [0.717, 1.165) is 12.0 Å². The summed E-state index contributed by atoms with van der Waals surface area (Å²) in [5, 5.41) is 8.54. The molecule has 0 aliphatic heterocycles. The van der Waals surface area contributed by atoms with E-state index in [0.29, 0.717) is 24.7 Å². The Hall–Kier alpha value is -1.88. The lowest BCUT2D eigenvalue weighted by Gasteiger charge is -2.11. The van der Waals surface area contributed by atoms with Crippen LogP contribution in [0.25, 0.3) is 0 Å². The second-order valence-corrected chi connectivity index (χ2v) is 4.74. The highest BCUT2D eigenvalue weighted by Crippen LogP contribution is 2.04. The fourth-order valence-corrected chi connectivity index (χ4v) is 1.59. The Morgan fingerprint density at radius 2 is 1.85 bits per heavy atom. The van der Waals surface area contributed by atoms with E-state index in [1.165, 1.54) is 0 Å². The normalized spacial score (nSPS) is 11.8. The molecule has 0 spiro atoms. The molecule has 110 valence electrons. The SMILES string of the molecule is CCC(C)NCC(=O)NCc1ccc(C(=O)NC)cc1. The summed E-state index contributed by atoms with van der Waals surface area (Å²) in [6.45, 7) is 4.91. The third-order valence-corrected chi connectivity index (χ3v) is 3.16. The molecule has 0 saturated heterocycles. The summed E-state index contributed by atoms with van der Waals surface area (Å²) in [4.78, 5) is 23.0. The summed E-state index contributed by atoms with van der Waals surface area (Å²) in [6, 6.07) is 7.52. The quantitative estimate of drug-likeness (QED) is 0.697. The smallest absolute Gasteiger partial charge is 0.251 e. The van der Waals surface area contributed by atoms with Gasteiger partial charge in [0.1, 0.15) is 0 Å². The zero-order chi connectivity index (χ0) is 15.0. The minimum atomic E-state index is -0.113. The van der Waals surface area contributed by atoms with E-state index in [1.54, 1.807) is 19.2 Å². The Morgan fingerprint density at radius 3 is 2.40 bits per heavy atom. The molecule has 5 nitrogen and oxygen atoms in total. The minimum absolute atomic E-state index is 0.0272. The van der Waals surface area contributed by atoms with E-state index >= 15 is 0 Å². The number of hydrogen-bond donors (Lipinski definition) is 3. The van der Waals surface area contributed by atoms with Crippen LogP contribution in [0.1, 0.15) is 36.2 Å². The second kappa shape index (κ2) is 8.32. The van der Waals surface area contributed by atoms with Gasteiger partial charge in [-0.05, 0) is 31.0 Å². The topological polar surface area (TPSA) is 70.2 Å². The lowest BCUT2D eigenvalue weighted by molar-refractivity contribution is -0.120. The molecular formula is C15H23N3O2. The lowest BCUT2D eigenvalue weighted by atomic mass is 10.1. The summed E-state index contributed by atoms with van der Waals surface area (Å²) >= 11 is 0. The van der Waals surface area contributed by atoms with Crippen LogP contribution in [0.3, 0.4) is 0 Å². The largest absolute Gasteiger partial charge is 0.355 e. The van der Waals surface area contributed by atoms with Crippen molar-refractivity contribution in [3.8, 4) is 0 Å². The molecule has 0 radical (unpaired) electrons. The van der Waals surface area contributed by atoms with Gasteiger partial charge >= 0.3 is 0 Å². The van der Waals surface area contributed by atoms with Gasteiger partial charge in [-0.3, -0.25) is 9.59 Å². The maximum atomic E-state index is 11.6. The van der Waals surface area contributed by atoms with Crippen LogP contribution in [0.4, 0.5) is 0 Å². The zero-order valence-electron chi connectivity index (χ0n) is 12.3. The maximum Gasteiger partial charge on any atom is 0.251 e. The number of carbonyl (C=O) groups is 2. The van der Waals surface area contributed by atoms with Gasteiger partial charge < -0.3 is 16.0 Å². The second-order valence-electron chi connectivity index (χ2n) is 4.74. The van der Waals surface area contributed by atoms with Crippen molar-refractivity contribution >= 4 is 11.8 Å². The molecule has 0 fully saturated rings. The Kier molecular flexibility index (Phi) is 6.73. The molecule has 1 aromatic carbocycles. The van der Waals surface area contributed by atoms with E-state index in [1.807, 2.05) is 19.1 Å². The summed E-state index contributed by atoms with van der Waals surface area (Å²) in [5.74, 6) is -0.140. The zero-order valence-corrected chi connectivity index (χ0v) is 12.3. The Morgan fingerprint density at radius 1 is 1.20 bits per heavy atom. The monoisotopic (exact) mass is 277 g/mol. The average Bonchev–Trinajstić information content (AvgIpc) is 2.50. The molecule has 2 amide bonds. The summed E-state index contributed by atoms with van der Waals surface area (Å²) in [7, 11) is 1.60. The molecule has 0 bridgehead atoms. The van der Waals surface area contributed by atoms with Crippen molar-refractivity contribution in [1.82, 2.24) is 16.0 Å². The number of nitrogens with one attached hydrogen (secondary N) is 3. The molecular weight excluding hydrogens is 254 g/mol. The Balaban J connectivity index is 2.38. The first-order valence-electron chi connectivity index (χ1n) is 6.88. The van der Waals surface area contributed by atoms with Gasteiger partial charge in [0.2, 0.25) is 5.91 Å². The summed E-state index contributed by atoms with van der Waals surface area (Å²) in [6.07, 6.45) is 0.994. The van der Waals surface area contributed by atoms with Gasteiger partial charge in [0.15, 0.2) is 0 Å². The van der Waals surface area contributed by atoms with Crippen LogP contribution in [0.15, 0.2) is 24.3 Å². The van der Waals surface area contributed by atoms with Gasteiger partial charge in [-0.15, -0.1) is 0 Å². The fourth-order valence-electron chi connectivity index (χ4n) is 1.59. The van der Waals surface area contributed by atoms with Crippen LogP contribution in [0.2, 0.25) is 0 Å². The first-order chi connectivity index (χ1) is 9.56. The molecule has 0 aliphatic carbocycles. The van der Waals surface area contributed by atoms with E-state index in [4.69, 9.17) is 0 Å². The van der Waals surface area contributed by atoms with Crippen molar-refractivity contribution in [2.75, 3.05) is 13.6 Å². The standard InChI is InChI=1S/C15H23N3O2/c1-4-11(2)17-10-14(19)18-9-12-5-7-13(8-6-12)15(20)16-3/h5-8,11,17H,4,9-10H2,1-3H3,(H,16,20)(H,18,19). The highest BCUT2D eigenvalue weighted by Gasteiger charge is 2.05. The predicted octanol–water partition coefficient (Wildman–Crippen LogP) is 1.05. The molecule has 0 heterocycles. The lowest BCUT2D eigenvalue weighted by Crippen LogP contribution is -2.37. The molecule has 3 N–H and O–H groups in total. The number of benzene rings is 1. The van der Waals surface area contributed by atoms with Crippen molar-refractivity contribution in [2.45, 2.75) is 32.9 Å². The van der Waals surface area contributed by atoms with Gasteiger partial charge in [-0.25, -0.2) is 0 Å². The third-order valence-electron chi connectivity index (χ3n) is 3.16. The fraction of sp³-hybridized carbons (Fsp3) is 0.467. The van der Waals surface area contributed by atoms with Crippen molar-refractivity contribution in [3.05, 3.63) is 35.4 Å². The first kappa shape index (κ1) is 16.2. The van der Waals surface area contributed by atoms with E-state index in [-0.39, 0.29) is 11.8 Å². The number of carbonyl (C=O) groups excluding carboxylic acids is 2. The van der Waals surface area contributed by atoms with Crippen molar-refractivity contribution in [1.29, 1.82) is 0 Å². The van der Waals surface area contributed by atoms with Gasteiger partial charge in [-0.1, -0.05) is 19.1 Å². The Labute approximate surface area is 120 Å². The highest BCUT2D eigenvalue weighted by molar-refractivity contribution is 5.93. The molecule has 0 saturated carbocycles. The van der Waals surface area contributed by atoms with Gasteiger partial charge in [0, 0.05) is 25.2 Å².